The molecule has 18 heavy (non-hydrogen) atoms. The molecular weight excluding hydrogens is 256 g/mol. The maximum absolute atomic E-state index is 10.8. The second-order valence-corrected chi connectivity index (χ2v) is 4.11. The first-order valence-corrected chi connectivity index (χ1v) is 5.67. The molecule has 0 radical (unpaired) electrons. The van der Waals surface area contributed by atoms with Gasteiger partial charge in [-0.25, -0.2) is 0 Å². The fraction of sp³-hybridized carbons (Fsp3) is 0.273. The zero-order valence-corrected chi connectivity index (χ0v) is 10.6. The van der Waals surface area contributed by atoms with Crippen LogP contribution < -0.4 is 0 Å². The highest BCUT2D eigenvalue weighted by Crippen LogP contribution is 2.15. The van der Waals surface area contributed by atoms with Crippen molar-refractivity contribution in [3.05, 3.63) is 35.1 Å². The molecule has 0 aliphatic carbocycles. The SMILES string of the molecule is CC(=O)O[C@H](C)c1nnn(-c2cccc(Cl)c2)n1. The summed E-state index contributed by atoms with van der Waals surface area (Å²) in [5.41, 5.74) is 0.691. The molecule has 6 nitrogen and oxygen atoms in total. The lowest BCUT2D eigenvalue weighted by Crippen LogP contribution is -2.07. The lowest BCUT2D eigenvalue weighted by Gasteiger charge is -2.05. The number of halogens is 1. The van der Waals surface area contributed by atoms with E-state index in [4.69, 9.17) is 16.3 Å². The molecule has 2 rings (SSSR count). The van der Waals surface area contributed by atoms with Gasteiger partial charge in [0.15, 0.2) is 6.10 Å². The van der Waals surface area contributed by atoms with Crippen LogP contribution in [0.5, 0.6) is 0 Å². The Balaban J connectivity index is 2.22. The Hall–Kier alpha value is -1.95. The second-order valence-electron chi connectivity index (χ2n) is 3.67. The molecule has 1 aromatic heterocycles. The van der Waals surface area contributed by atoms with Crippen molar-refractivity contribution in [3.8, 4) is 5.69 Å². The highest BCUT2D eigenvalue weighted by Gasteiger charge is 2.15. The van der Waals surface area contributed by atoms with Crippen LogP contribution in [-0.4, -0.2) is 26.2 Å². The molecule has 0 aliphatic rings. The fourth-order valence-corrected chi connectivity index (χ4v) is 1.58. The first kappa shape index (κ1) is 12.5. The maximum Gasteiger partial charge on any atom is 0.303 e. The molecule has 0 N–H and O–H groups in total. The minimum atomic E-state index is -0.532. The molecule has 0 unspecified atom stereocenters. The van der Waals surface area contributed by atoms with E-state index in [1.54, 1.807) is 31.2 Å². The summed E-state index contributed by atoms with van der Waals surface area (Å²) in [6.07, 6.45) is -0.532. The molecule has 0 saturated heterocycles. The average molecular weight is 267 g/mol. The van der Waals surface area contributed by atoms with Gasteiger partial charge >= 0.3 is 5.97 Å². The van der Waals surface area contributed by atoms with E-state index in [9.17, 15) is 4.79 Å². The maximum atomic E-state index is 10.8. The predicted molar refractivity (Wildman–Crippen MR) is 64.3 cm³/mol. The van der Waals surface area contributed by atoms with Crippen molar-refractivity contribution in [3.63, 3.8) is 0 Å². The number of nitrogens with zero attached hydrogens (tertiary/aromatic N) is 4. The van der Waals surface area contributed by atoms with Crippen LogP contribution in [0.1, 0.15) is 25.8 Å². The summed E-state index contributed by atoms with van der Waals surface area (Å²) in [5, 5.41) is 12.4. The third-order valence-electron chi connectivity index (χ3n) is 2.17. The van der Waals surface area contributed by atoms with E-state index in [1.165, 1.54) is 11.7 Å². The van der Waals surface area contributed by atoms with Crippen molar-refractivity contribution in [2.45, 2.75) is 20.0 Å². The van der Waals surface area contributed by atoms with Gasteiger partial charge in [-0.3, -0.25) is 4.79 Å². The zero-order chi connectivity index (χ0) is 13.1. The largest absolute Gasteiger partial charge is 0.454 e. The fourth-order valence-electron chi connectivity index (χ4n) is 1.40. The third-order valence-corrected chi connectivity index (χ3v) is 2.41. The number of hydrogen-bond acceptors (Lipinski definition) is 5. The van der Waals surface area contributed by atoms with Crippen molar-refractivity contribution < 1.29 is 9.53 Å². The van der Waals surface area contributed by atoms with Gasteiger partial charge in [-0.1, -0.05) is 17.7 Å². The first-order chi connectivity index (χ1) is 8.56. The van der Waals surface area contributed by atoms with Crippen molar-refractivity contribution in [1.29, 1.82) is 0 Å². The Morgan fingerprint density at radius 1 is 1.50 bits per heavy atom. The molecule has 94 valence electrons. The third kappa shape index (κ3) is 2.84. The van der Waals surface area contributed by atoms with E-state index >= 15 is 0 Å². The molecule has 0 saturated carbocycles. The Morgan fingerprint density at radius 3 is 2.94 bits per heavy atom. The van der Waals surface area contributed by atoms with Gasteiger partial charge in [0.05, 0.1) is 5.69 Å². The van der Waals surface area contributed by atoms with Gasteiger partial charge in [-0.15, -0.1) is 15.0 Å². The van der Waals surface area contributed by atoms with Crippen LogP contribution in [0.4, 0.5) is 0 Å². The Labute approximate surface area is 109 Å². The highest BCUT2D eigenvalue weighted by atomic mass is 35.5. The lowest BCUT2D eigenvalue weighted by atomic mass is 10.3. The van der Waals surface area contributed by atoms with Gasteiger partial charge in [0.1, 0.15) is 0 Å². The molecule has 1 aromatic carbocycles. The highest BCUT2D eigenvalue weighted by molar-refractivity contribution is 6.30. The molecule has 0 fully saturated rings. The minimum Gasteiger partial charge on any atom is -0.454 e. The number of ether oxygens (including phenoxy) is 1. The van der Waals surface area contributed by atoms with Crippen LogP contribution in [0.15, 0.2) is 24.3 Å². The predicted octanol–water partition coefficient (Wildman–Crippen LogP) is 1.94. The summed E-state index contributed by atoms with van der Waals surface area (Å²) < 4.78 is 4.97. The molecule has 7 heteroatoms. The van der Waals surface area contributed by atoms with E-state index in [-0.39, 0.29) is 5.97 Å². The molecular formula is C11H11ClN4O2. The van der Waals surface area contributed by atoms with Crippen molar-refractivity contribution >= 4 is 17.6 Å². The van der Waals surface area contributed by atoms with Crippen LogP contribution in [0.25, 0.3) is 5.69 Å². The second kappa shape index (κ2) is 5.14. The Kier molecular flexibility index (Phi) is 3.57. The monoisotopic (exact) mass is 266 g/mol. The lowest BCUT2D eigenvalue weighted by molar-refractivity contribution is -0.146. The van der Waals surface area contributed by atoms with Crippen molar-refractivity contribution in [1.82, 2.24) is 20.2 Å². The van der Waals surface area contributed by atoms with Crippen molar-refractivity contribution in [2.24, 2.45) is 0 Å². The molecule has 1 atom stereocenters. The van der Waals surface area contributed by atoms with Gasteiger partial charge in [0, 0.05) is 11.9 Å². The van der Waals surface area contributed by atoms with Gasteiger partial charge < -0.3 is 4.74 Å². The summed E-state index contributed by atoms with van der Waals surface area (Å²) in [7, 11) is 0. The Morgan fingerprint density at radius 2 is 2.28 bits per heavy atom. The number of benzene rings is 1. The summed E-state index contributed by atoms with van der Waals surface area (Å²) >= 11 is 5.87. The van der Waals surface area contributed by atoms with Gasteiger partial charge in [0.2, 0.25) is 5.82 Å². The number of carbonyl (C=O) groups is 1. The van der Waals surface area contributed by atoms with Gasteiger partial charge in [0.25, 0.3) is 0 Å². The van der Waals surface area contributed by atoms with Gasteiger partial charge in [-0.2, -0.15) is 0 Å². The van der Waals surface area contributed by atoms with E-state index in [0.717, 1.165) is 0 Å². The van der Waals surface area contributed by atoms with Crippen LogP contribution >= 0.6 is 11.6 Å². The summed E-state index contributed by atoms with van der Waals surface area (Å²) in [4.78, 5) is 12.2. The minimum absolute atomic E-state index is 0.338. The van der Waals surface area contributed by atoms with E-state index < -0.39 is 6.10 Å². The molecule has 1 heterocycles. The number of carbonyl (C=O) groups excluding carboxylic acids is 1. The molecule has 0 amide bonds. The molecule has 0 spiro atoms. The zero-order valence-electron chi connectivity index (χ0n) is 9.87. The van der Waals surface area contributed by atoms with Crippen molar-refractivity contribution in [2.75, 3.05) is 0 Å². The molecule has 2 aromatic rings. The van der Waals surface area contributed by atoms with Crippen LogP contribution in [0.2, 0.25) is 5.02 Å². The number of hydrogen-bond donors (Lipinski definition) is 0. The van der Waals surface area contributed by atoms with E-state index in [0.29, 0.717) is 16.5 Å². The van der Waals surface area contributed by atoms with Crippen LogP contribution in [0, 0.1) is 0 Å². The van der Waals surface area contributed by atoms with Gasteiger partial charge in [-0.05, 0) is 30.3 Å². The smallest absolute Gasteiger partial charge is 0.303 e. The summed E-state index contributed by atoms with van der Waals surface area (Å²) in [6.45, 7) is 3.01. The summed E-state index contributed by atoms with van der Waals surface area (Å²) in [5.74, 6) is -0.0493. The standard InChI is InChI=1S/C11H11ClN4O2/c1-7(18-8(2)17)11-13-15-16(14-11)10-5-3-4-9(12)6-10/h3-7H,1-2H3/t7-/m1/s1. The summed E-state index contributed by atoms with van der Waals surface area (Å²) in [6, 6.07) is 7.05. The quantitative estimate of drug-likeness (QED) is 0.794. The normalized spacial score (nSPS) is 12.2. The number of esters is 1. The van der Waals surface area contributed by atoms with E-state index in [2.05, 4.69) is 15.4 Å². The topological polar surface area (TPSA) is 69.9 Å². The molecule has 0 aliphatic heterocycles. The number of rotatable bonds is 3. The Bertz CT molecular complexity index is 570. The van der Waals surface area contributed by atoms with E-state index in [1.807, 2.05) is 0 Å². The number of aromatic nitrogens is 4. The van der Waals surface area contributed by atoms with Crippen LogP contribution in [-0.2, 0) is 9.53 Å². The average Bonchev–Trinajstić information content (AvgIpc) is 2.77. The number of tetrazole rings is 1. The first-order valence-electron chi connectivity index (χ1n) is 5.29. The van der Waals surface area contributed by atoms with Crippen LogP contribution in [0.3, 0.4) is 0 Å². The molecule has 0 bridgehead atoms.